The van der Waals surface area contributed by atoms with E-state index in [1.807, 2.05) is 37.4 Å². The van der Waals surface area contributed by atoms with Gasteiger partial charge in [0.05, 0.1) is 43.7 Å². The highest BCUT2D eigenvalue weighted by molar-refractivity contribution is 7.25. The number of carboxylic acids is 2. The van der Waals surface area contributed by atoms with Crippen molar-refractivity contribution in [3.05, 3.63) is 95.6 Å². The van der Waals surface area contributed by atoms with Crippen LogP contribution in [-0.4, -0.2) is 42.1 Å². The molecule has 0 aliphatic carbocycles. The third-order valence-electron chi connectivity index (χ3n) is 6.94. The Morgan fingerprint density at radius 3 is 2.18 bits per heavy atom. The van der Waals surface area contributed by atoms with Crippen molar-refractivity contribution in [2.75, 3.05) is 0 Å². The van der Waals surface area contributed by atoms with Crippen LogP contribution < -0.4 is 0 Å². The van der Waals surface area contributed by atoms with E-state index in [0.29, 0.717) is 11.4 Å². The van der Waals surface area contributed by atoms with Crippen molar-refractivity contribution in [2.45, 2.75) is 33.1 Å². The molecule has 0 saturated heterocycles. The zero-order valence-electron chi connectivity index (χ0n) is 23.8. The summed E-state index contributed by atoms with van der Waals surface area (Å²) >= 11 is 3.26. The van der Waals surface area contributed by atoms with Crippen LogP contribution in [0.15, 0.2) is 77.6 Å². The summed E-state index contributed by atoms with van der Waals surface area (Å²) in [5, 5.41) is 20.2. The molecule has 11 heteroatoms. The first-order valence-electron chi connectivity index (χ1n) is 13.9. The molecular formula is C33H26N4O5S2. The maximum atomic E-state index is 12.0. The van der Waals surface area contributed by atoms with Crippen LogP contribution in [0, 0.1) is 6.92 Å². The number of aromatic carboxylic acids is 2. The van der Waals surface area contributed by atoms with Gasteiger partial charge in [-0.1, -0.05) is 13.3 Å². The number of furan rings is 1. The predicted molar refractivity (Wildman–Crippen MR) is 170 cm³/mol. The maximum absolute atomic E-state index is 12.0. The number of thiazole rings is 1. The number of carboxylic acid groups (broad SMARTS) is 2. The fraction of sp³-hybridized carbons (Fsp3) is 0.152. The van der Waals surface area contributed by atoms with Crippen LogP contribution in [0.2, 0.25) is 0 Å². The fourth-order valence-electron chi connectivity index (χ4n) is 4.71. The molecule has 0 fully saturated rings. The molecular weight excluding hydrogens is 597 g/mol. The van der Waals surface area contributed by atoms with Gasteiger partial charge in [0.2, 0.25) is 0 Å². The number of nitrogens with zero attached hydrogens (tertiary/aromatic N) is 4. The Morgan fingerprint density at radius 2 is 1.50 bits per heavy atom. The van der Waals surface area contributed by atoms with Crippen molar-refractivity contribution < 1.29 is 24.2 Å². The Hall–Kier alpha value is -5.00. The minimum Gasteiger partial charge on any atom is -0.478 e. The molecule has 9 nitrogen and oxygen atoms in total. The molecule has 0 aliphatic heterocycles. The van der Waals surface area contributed by atoms with Crippen LogP contribution in [0.1, 0.15) is 51.8 Å². The predicted octanol–water partition coefficient (Wildman–Crippen LogP) is 8.37. The summed E-state index contributed by atoms with van der Waals surface area (Å²) in [5.74, 6) is -0.601. The van der Waals surface area contributed by atoms with E-state index in [1.54, 1.807) is 28.9 Å². The van der Waals surface area contributed by atoms with Crippen molar-refractivity contribution in [1.29, 1.82) is 0 Å². The van der Waals surface area contributed by atoms with Crippen molar-refractivity contribution in [3.63, 3.8) is 0 Å². The molecule has 6 heterocycles. The second-order valence-corrected chi connectivity index (χ2v) is 12.2. The Bertz CT molecular complexity index is 2010. The van der Waals surface area contributed by atoms with Gasteiger partial charge >= 0.3 is 11.9 Å². The molecule has 0 atom stereocenters. The Labute approximate surface area is 260 Å². The van der Waals surface area contributed by atoms with E-state index in [4.69, 9.17) is 9.40 Å². The fourth-order valence-corrected chi connectivity index (χ4v) is 6.91. The molecule has 0 amide bonds. The SMILES string of the molecule is CCCCc1cc(-c2ccnc(-c3cc(C(=O)O)cc(-c4cc(C(=O)O)ccn4)n3)c2)sc1-c1ncc(-c2ccc(C)o2)s1. The lowest BCUT2D eigenvalue weighted by molar-refractivity contribution is 0.0686. The smallest absolute Gasteiger partial charge is 0.335 e. The molecule has 44 heavy (non-hydrogen) atoms. The highest BCUT2D eigenvalue weighted by Gasteiger charge is 2.19. The molecule has 0 aliphatic rings. The number of rotatable bonds is 10. The third-order valence-corrected chi connectivity index (χ3v) is 9.33. The minimum absolute atomic E-state index is 0.00804. The second kappa shape index (κ2) is 12.3. The number of hydrogen-bond acceptors (Lipinski definition) is 9. The molecule has 6 rings (SSSR count). The summed E-state index contributed by atoms with van der Waals surface area (Å²) in [6.07, 6.45) is 7.92. The molecule has 0 radical (unpaired) electrons. The van der Waals surface area contributed by atoms with Crippen LogP contribution in [0.3, 0.4) is 0 Å². The molecule has 0 saturated carbocycles. The highest BCUT2D eigenvalue weighted by Crippen LogP contribution is 2.42. The molecule has 0 unspecified atom stereocenters. The van der Waals surface area contributed by atoms with Crippen LogP contribution in [0.5, 0.6) is 0 Å². The van der Waals surface area contributed by atoms with Gasteiger partial charge in [0.25, 0.3) is 0 Å². The van der Waals surface area contributed by atoms with Gasteiger partial charge in [0.15, 0.2) is 0 Å². The number of carbonyl (C=O) groups is 2. The Balaban J connectivity index is 1.39. The Morgan fingerprint density at radius 1 is 0.795 bits per heavy atom. The maximum Gasteiger partial charge on any atom is 0.335 e. The summed E-state index contributed by atoms with van der Waals surface area (Å²) in [6, 6.07) is 15.5. The van der Waals surface area contributed by atoms with E-state index < -0.39 is 11.9 Å². The van der Waals surface area contributed by atoms with Crippen LogP contribution >= 0.6 is 22.7 Å². The van der Waals surface area contributed by atoms with E-state index in [9.17, 15) is 19.8 Å². The van der Waals surface area contributed by atoms with Crippen molar-refractivity contribution in [3.8, 4) is 53.7 Å². The first kappa shape index (κ1) is 29.1. The standard InChI is InChI=1S/C33H26N4O5S2/c1-3-4-5-20-16-28(43-30(20)31-36-17-29(44-31)27-7-6-18(2)42-27)19-8-10-34-23(12-19)25-14-22(33(40)41)15-26(37-25)24-13-21(32(38)39)9-11-35-24/h6-17H,3-5H2,1-2H3,(H,38,39)(H,40,41). The van der Waals surface area contributed by atoms with Crippen molar-refractivity contribution >= 4 is 34.6 Å². The topological polar surface area (TPSA) is 139 Å². The average molecular weight is 623 g/mol. The van der Waals surface area contributed by atoms with Crippen molar-refractivity contribution in [2.24, 2.45) is 0 Å². The van der Waals surface area contributed by atoms with Gasteiger partial charge in [-0.3, -0.25) is 9.97 Å². The average Bonchev–Trinajstić information content (AvgIpc) is 3.79. The molecule has 220 valence electrons. The van der Waals surface area contributed by atoms with E-state index in [0.717, 1.165) is 56.0 Å². The Kier molecular flexibility index (Phi) is 8.14. The number of aryl methyl sites for hydroxylation is 2. The van der Waals surface area contributed by atoms with Crippen molar-refractivity contribution in [1.82, 2.24) is 19.9 Å². The number of thiophene rings is 1. The lowest BCUT2D eigenvalue weighted by Crippen LogP contribution is -2.02. The van der Waals surface area contributed by atoms with Gasteiger partial charge in [-0.2, -0.15) is 0 Å². The number of aromatic nitrogens is 4. The van der Waals surface area contributed by atoms with Crippen LogP contribution in [0.25, 0.3) is 53.7 Å². The van der Waals surface area contributed by atoms with Gasteiger partial charge in [-0.05, 0) is 85.5 Å². The lowest BCUT2D eigenvalue weighted by atomic mass is 10.1. The molecule has 0 bridgehead atoms. The number of unbranched alkanes of at least 4 members (excludes halogenated alkanes) is 1. The van der Waals surface area contributed by atoms with Gasteiger partial charge < -0.3 is 14.6 Å². The lowest BCUT2D eigenvalue weighted by Gasteiger charge is -2.08. The summed E-state index contributed by atoms with van der Waals surface area (Å²) < 4.78 is 5.81. The zero-order chi connectivity index (χ0) is 30.8. The highest BCUT2D eigenvalue weighted by atomic mass is 32.1. The van der Waals surface area contributed by atoms with E-state index in [2.05, 4.69) is 27.9 Å². The summed E-state index contributed by atoms with van der Waals surface area (Å²) in [4.78, 5) is 44.8. The van der Waals surface area contributed by atoms with E-state index in [1.165, 1.54) is 36.0 Å². The van der Waals surface area contributed by atoms with E-state index in [-0.39, 0.29) is 22.5 Å². The second-order valence-electron chi connectivity index (χ2n) is 10.1. The molecule has 2 N–H and O–H groups in total. The monoisotopic (exact) mass is 622 g/mol. The summed E-state index contributed by atoms with van der Waals surface area (Å²) in [7, 11) is 0. The quantitative estimate of drug-likeness (QED) is 0.154. The molecule has 0 aromatic carbocycles. The van der Waals surface area contributed by atoms with Gasteiger partial charge in [0, 0.05) is 23.5 Å². The summed E-state index contributed by atoms with van der Waals surface area (Å²) in [6.45, 7) is 4.09. The number of pyridine rings is 3. The molecule has 6 aromatic rings. The third kappa shape index (κ3) is 6.05. The largest absolute Gasteiger partial charge is 0.478 e. The van der Waals surface area contributed by atoms with Crippen LogP contribution in [-0.2, 0) is 6.42 Å². The van der Waals surface area contributed by atoms with Crippen LogP contribution in [0.4, 0.5) is 0 Å². The summed E-state index contributed by atoms with van der Waals surface area (Å²) in [5.41, 5.74) is 3.46. The normalized spacial score (nSPS) is 11.1. The first-order valence-corrected chi connectivity index (χ1v) is 15.5. The van der Waals surface area contributed by atoms with Gasteiger partial charge in [-0.25, -0.2) is 19.6 Å². The molecule has 6 aromatic heterocycles. The van der Waals surface area contributed by atoms with E-state index >= 15 is 0 Å². The zero-order valence-corrected chi connectivity index (χ0v) is 25.4. The first-order chi connectivity index (χ1) is 21.3. The minimum atomic E-state index is -1.14. The van der Waals surface area contributed by atoms with Gasteiger partial charge in [0.1, 0.15) is 16.5 Å². The van der Waals surface area contributed by atoms with Gasteiger partial charge in [-0.15, -0.1) is 22.7 Å². The molecule has 0 spiro atoms. The number of hydrogen-bond donors (Lipinski definition) is 2.